The Morgan fingerprint density at radius 1 is 1.15 bits per heavy atom. The second-order valence-corrected chi connectivity index (χ2v) is 6.22. The van der Waals surface area contributed by atoms with Crippen LogP contribution >= 0.6 is 0 Å². The van der Waals surface area contributed by atoms with Crippen LogP contribution in [0.2, 0.25) is 0 Å². The first-order valence-electron chi connectivity index (χ1n) is 7.39. The summed E-state index contributed by atoms with van der Waals surface area (Å²) < 4.78 is 2.07. The van der Waals surface area contributed by atoms with E-state index in [2.05, 4.69) is 4.57 Å². The molecule has 2 bridgehead atoms. The highest BCUT2D eigenvalue weighted by molar-refractivity contribution is 5.94. The van der Waals surface area contributed by atoms with Crippen LogP contribution in [0.1, 0.15) is 48.6 Å². The normalized spacial score (nSPS) is 31.8. The van der Waals surface area contributed by atoms with Crippen LogP contribution in [-0.2, 0) is 4.79 Å². The SMILES string of the molecule is O=C(O)C1CC2CCC1N2C(=O)c1cccn1C1CC1. The average molecular weight is 274 g/mol. The second-order valence-electron chi connectivity index (χ2n) is 6.22. The molecule has 1 N–H and O–H groups in total. The van der Waals surface area contributed by atoms with Crippen LogP contribution in [-0.4, -0.2) is 38.5 Å². The molecule has 5 heteroatoms. The highest BCUT2D eigenvalue weighted by Gasteiger charge is 2.51. The van der Waals surface area contributed by atoms with E-state index in [1.54, 1.807) is 0 Å². The lowest BCUT2D eigenvalue weighted by Gasteiger charge is -2.23. The smallest absolute Gasteiger partial charge is 0.308 e. The number of carbonyl (C=O) groups excluding carboxylic acids is 1. The van der Waals surface area contributed by atoms with Gasteiger partial charge in [0.05, 0.1) is 5.92 Å². The number of rotatable bonds is 3. The van der Waals surface area contributed by atoms with E-state index in [1.807, 2.05) is 23.2 Å². The first kappa shape index (κ1) is 12.0. The summed E-state index contributed by atoms with van der Waals surface area (Å²) in [5, 5.41) is 9.28. The third-order valence-electron chi connectivity index (χ3n) is 5.03. The number of carbonyl (C=O) groups is 2. The van der Waals surface area contributed by atoms with Crippen molar-refractivity contribution in [2.75, 3.05) is 0 Å². The van der Waals surface area contributed by atoms with Gasteiger partial charge in [-0.1, -0.05) is 0 Å². The fourth-order valence-electron chi connectivity index (χ4n) is 3.95. The maximum absolute atomic E-state index is 12.8. The molecule has 1 aromatic heterocycles. The van der Waals surface area contributed by atoms with Gasteiger partial charge in [-0.25, -0.2) is 0 Å². The highest BCUT2D eigenvalue weighted by atomic mass is 16.4. The van der Waals surface area contributed by atoms with Gasteiger partial charge in [0.25, 0.3) is 5.91 Å². The lowest BCUT2D eigenvalue weighted by molar-refractivity contribution is -0.142. The van der Waals surface area contributed by atoms with E-state index in [4.69, 9.17) is 0 Å². The number of carboxylic acids is 1. The molecule has 3 fully saturated rings. The minimum atomic E-state index is -0.757. The zero-order valence-corrected chi connectivity index (χ0v) is 11.2. The van der Waals surface area contributed by atoms with Crippen LogP contribution in [0.25, 0.3) is 0 Å². The van der Waals surface area contributed by atoms with E-state index in [1.165, 1.54) is 0 Å². The Kier molecular flexibility index (Phi) is 2.46. The monoisotopic (exact) mass is 274 g/mol. The van der Waals surface area contributed by atoms with Crippen molar-refractivity contribution in [3.8, 4) is 0 Å². The summed E-state index contributed by atoms with van der Waals surface area (Å²) in [6.45, 7) is 0. The molecule has 20 heavy (non-hydrogen) atoms. The van der Waals surface area contributed by atoms with Crippen molar-refractivity contribution in [2.45, 2.75) is 50.2 Å². The predicted octanol–water partition coefficient (Wildman–Crippen LogP) is 1.90. The molecule has 3 heterocycles. The number of hydrogen-bond donors (Lipinski definition) is 1. The summed E-state index contributed by atoms with van der Waals surface area (Å²) in [6.07, 6.45) is 6.65. The molecule has 1 aliphatic carbocycles. The van der Waals surface area contributed by atoms with Crippen molar-refractivity contribution in [1.29, 1.82) is 0 Å². The lowest BCUT2D eigenvalue weighted by atomic mass is 9.89. The van der Waals surface area contributed by atoms with Crippen molar-refractivity contribution in [2.24, 2.45) is 5.92 Å². The van der Waals surface area contributed by atoms with Gasteiger partial charge < -0.3 is 14.6 Å². The van der Waals surface area contributed by atoms with E-state index < -0.39 is 5.97 Å². The standard InChI is InChI=1S/C15H18N2O3/c18-14(13-2-1-7-16(13)9-3-4-9)17-10-5-6-12(17)11(8-10)15(19)20/h1-2,7,9-12H,3-6,8H2,(H,19,20). The quantitative estimate of drug-likeness (QED) is 0.915. The fourth-order valence-corrected chi connectivity index (χ4v) is 3.95. The van der Waals surface area contributed by atoms with Crippen molar-refractivity contribution < 1.29 is 14.7 Å². The third-order valence-corrected chi connectivity index (χ3v) is 5.03. The molecule has 0 spiro atoms. The topological polar surface area (TPSA) is 62.5 Å². The highest BCUT2D eigenvalue weighted by Crippen LogP contribution is 2.43. The largest absolute Gasteiger partial charge is 0.481 e. The molecule has 2 saturated heterocycles. The molecule has 0 aromatic carbocycles. The molecule has 3 atom stereocenters. The van der Waals surface area contributed by atoms with Gasteiger partial charge in [0, 0.05) is 24.3 Å². The van der Waals surface area contributed by atoms with Crippen LogP contribution in [0.15, 0.2) is 18.3 Å². The van der Waals surface area contributed by atoms with Crippen LogP contribution in [0.4, 0.5) is 0 Å². The summed E-state index contributed by atoms with van der Waals surface area (Å²) in [5.74, 6) is -1.10. The van der Waals surface area contributed by atoms with Crippen LogP contribution in [0.5, 0.6) is 0 Å². The van der Waals surface area contributed by atoms with Gasteiger partial charge in [0.15, 0.2) is 0 Å². The van der Waals surface area contributed by atoms with Crippen LogP contribution in [0.3, 0.4) is 0 Å². The maximum atomic E-state index is 12.8. The van der Waals surface area contributed by atoms with E-state index in [9.17, 15) is 14.7 Å². The zero-order chi connectivity index (χ0) is 13.9. The Morgan fingerprint density at radius 2 is 1.90 bits per heavy atom. The molecule has 0 radical (unpaired) electrons. The number of hydrogen-bond acceptors (Lipinski definition) is 2. The van der Waals surface area contributed by atoms with Gasteiger partial charge in [-0.15, -0.1) is 0 Å². The molecule has 1 amide bonds. The molecular formula is C15H18N2O3. The van der Waals surface area contributed by atoms with Gasteiger partial charge in [-0.2, -0.15) is 0 Å². The summed E-state index contributed by atoms with van der Waals surface area (Å²) in [5.41, 5.74) is 0.732. The summed E-state index contributed by atoms with van der Waals surface area (Å²) in [6, 6.07) is 4.27. The van der Waals surface area contributed by atoms with Crippen LogP contribution in [0, 0.1) is 5.92 Å². The molecule has 4 rings (SSSR count). The average Bonchev–Trinajstić information content (AvgIpc) is 2.90. The minimum absolute atomic E-state index is 0.0261. The fraction of sp³-hybridized carbons (Fsp3) is 0.600. The second kappa shape index (κ2) is 4.11. The molecule has 2 aliphatic heterocycles. The molecular weight excluding hydrogens is 256 g/mol. The Morgan fingerprint density at radius 3 is 2.55 bits per heavy atom. The van der Waals surface area contributed by atoms with E-state index in [0.29, 0.717) is 12.5 Å². The van der Waals surface area contributed by atoms with Gasteiger partial charge >= 0.3 is 5.97 Å². The molecule has 3 unspecified atom stereocenters. The first-order valence-corrected chi connectivity index (χ1v) is 7.39. The number of aliphatic carboxylic acids is 1. The summed E-state index contributed by atoms with van der Waals surface area (Å²) in [4.78, 5) is 25.9. The number of aromatic nitrogens is 1. The molecule has 1 saturated carbocycles. The molecule has 106 valence electrons. The Labute approximate surface area is 117 Å². The number of carboxylic acid groups (broad SMARTS) is 1. The number of fused-ring (bicyclic) bond motifs is 2. The van der Waals surface area contributed by atoms with Crippen molar-refractivity contribution >= 4 is 11.9 Å². The summed E-state index contributed by atoms with van der Waals surface area (Å²) in [7, 11) is 0. The van der Waals surface area contributed by atoms with E-state index in [-0.39, 0.29) is 23.9 Å². The Bertz CT molecular complexity index is 575. The number of nitrogens with zero attached hydrogens (tertiary/aromatic N) is 2. The first-order chi connectivity index (χ1) is 9.66. The number of amides is 1. The van der Waals surface area contributed by atoms with Gasteiger partial charge in [-0.05, 0) is 44.2 Å². The molecule has 3 aliphatic rings. The van der Waals surface area contributed by atoms with Crippen LogP contribution < -0.4 is 0 Å². The van der Waals surface area contributed by atoms with E-state index >= 15 is 0 Å². The predicted molar refractivity (Wildman–Crippen MR) is 71.4 cm³/mol. The van der Waals surface area contributed by atoms with Gasteiger partial charge in [0.2, 0.25) is 0 Å². The lowest BCUT2D eigenvalue weighted by Crippen LogP contribution is -2.38. The third kappa shape index (κ3) is 1.62. The Balaban J connectivity index is 1.63. The van der Waals surface area contributed by atoms with Crippen molar-refractivity contribution in [1.82, 2.24) is 9.47 Å². The summed E-state index contributed by atoms with van der Waals surface area (Å²) >= 11 is 0. The van der Waals surface area contributed by atoms with Gasteiger partial charge in [0.1, 0.15) is 5.69 Å². The van der Waals surface area contributed by atoms with Crippen molar-refractivity contribution in [3.63, 3.8) is 0 Å². The van der Waals surface area contributed by atoms with Crippen molar-refractivity contribution in [3.05, 3.63) is 24.0 Å². The van der Waals surface area contributed by atoms with E-state index in [0.717, 1.165) is 31.4 Å². The minimum Gasteiger partial charge on any atom is -0.481 e. The molecule has 1 aromatic rings. The maximum Gasteiger partial charge on any atom is 0.308 e. The molecule has 5 nitrogen and oxygen atoms in total. The zero-order valence-electron chi connectivity index (χ0n) is 11.2. The van der Waals surface area contributed by atoms with Gasteiger partial charge in [-0.3, -0.25) is 9.59 Å². The Hall–Kier alpha value is -1.78.